The molecule has 16 heavy (non-hydrogen) atoms. The maximum absolute atomic E-state index is 9.79. The van der Waals surface area contributed by atoms with E-state index in [4.69, 9.17) is 0 Å². The number of thioether (sulfide) groups is 1. The zero-order chi connectivity index (χ0) is 11.6. The number of nitrogens with one attached hydrogen (secondary N) is 1. The van der Waals surface area contributed by atoms with Gasteiger partial charge >= 0.3 is 0 Å². The van der Waals surface area contributed by atoms with E-state index >= 15 is 0 Å². The lowest BCUT2D eigenvalue weighted by Gasteiger charge is -2.09. The molecular formula is C12H21NOS2. The highest BCUT2D eigenvalue weighted by molar-refractivity contribution is 7.98. The average Bonchev–Trinajstić information content (AvgIpc) is 2.81. The summed E-state index contributed by atoms with van der Waals surface area (Å²) in [5.74, 6) is 1.26. The van der Waals surface area contributed by atoms with Crippen LogP contribution < -0.4 is 5.32 Å². The fourth-order valence-electron chi connectivity index (χ4n) is 1.49. The van der Waals surface area contributed by atoms with Gasteiger partial charge in [-0.05, 0) is 42.8 Å². The van der Waals surface area contributed by atoms with E-state index in [1.807, 2.05) is 29.3 Å². The number of aliphatic hydroxyl groups is 1. The van der Waals surface area contributed by atoms with Gasteiger partial charge in [-0.3, -0.25) is 0 Å². The van der Waals surface area contributed by atoms with Crippen LogP contribution in [-0.2, 0) is 0 Å². The van der Waals surface area contributed by atoms with Gasteiger partial charge in [-0.2, -0.15) is 11.8 Å². The second-order valence-electron chi connectivity index (χ2n) is 3.79. The van der Waals surface area contributed by atoms with Crippen LogP contribution in [0.2, 0.25) is 0 Å². The number of rotatable bonds is 9. The van der Waals surface area contributed by atoms with Gasteiger partial charge in [0, 0.05) is 11.4 Å². The first kappa shape index (κ1) is 14.0. The second kappa shape index (κ2) is 9.05. The van der Waals surface area contributed by atoms with E-state index in [2.05, 4.69) is 11.6 Å². The lowest BCUT2D eigenvalue weighted by atomic mass is 10.2. The first-order valence-corrected chi connectivity index (χ1v) is 8.03. The largest absolute Gasteiger partial charge is 0.386 e. The van der Waals surface area contributed by atoms with Crippen molar-refractivity contribution in [3.8, 4) is 0 Å². The Kier molecular flexibility index (Phi) is 7.93. The molecule has 92 valence electrons. The first-order valence-electron chi connectivity index (χ1n) is 5.75. The van der Waals surface area contributed by atoms with Crippen LogP contribution in [-0.4, -0.2) is 30.2 Å². The number of aliphatic hydroxyl groups excluding tert-OH is 1. The van der Waals surface area contributed by atoms with Gasteiger partial charge in [-0.1, -0.05) is 12.5 Å². The van der Waals surface area contributed by atoms with Crippen molar-refractivity contribution in [1.29, 1.82) is 0 Å². The Morgan fingerprint density at radius 3 is 3.00 bits per heavy atom. The van der Waals surface area contributed by atoms with Gasteiger partial charge in [0.25, 0.3) is 0 Å². The van der Waals surface area contributed by atoms with Crippen LogP contribution in [0.15, 0.2) is 17.5 Å². The van der Waals surface area contributed by atoms with Crippen LogP contribution in [0.3, 0.4) is 0 Å². The zero-order valence-corrected chi connectivity index (χ0v) is 11.4. The van der Waals surface area contributed by atoms with Gasteiger partial charge in [0.15, 0.2) is 0 Å². The highest BCUT2D eigenvalue weighted by Crippen LogP contribution is 2.17. The molecule has 0 amide bonds. The topological polar surface area (TPSA) is 32.3 Å². The number of thiophene rings is 1. The van der Waals surface area contributed by atoms with Gasteiger partial charge in [-0.25, -0.2) is 0 Å². The van der Waals surface area contributed by atoms with Gasteiger partial charge in [-0.15, -0.1) is 11.3 Å². The Morgan fingerprint density at radius 1 is 1.44 bits per heavy atom. The zero-order valence-electron chi connectivity index (χ0n) is 9.82. The molecular weight excluding hydrogens is 238 g/mol. The van der Waals surface area contributed by atoms with Crippen LogP contribution in [0.4, 0.5) is 0 Å². The van der Waals surface area contributed by atoms with Crippen molar-refractivity contribution in [1.82, 2.24) is 5.32 Å². The quantitative estimate of drug-likeness (QED) is 0.669. The van der Waals surface area contributed by atoms with E-state index in [1.165, 1.54) is 25.0 Å². The molecule has 0 aliphatic rings. The molecule has 0 spiro atoms. The van der Waals surface area contributed by atoms with E-state index in [9.17, 15) is 5.11 Å². The van der Waals surface area contributed by atoms with Crippen molar-refractivity contribution in [3.05, 3.63) is 22.4 Å². The SMILES string of the molecule is CSCCCCCNCC(O)c1cccs1. The molecule has 2 N–H and O–H groups in total. The fourth-order valence-corrected chi connectivity index (χ4v) is 2.70. The van der Waals surface area contributed by atoms with Crippen LogP contribution in [0.25, 0.3) is 0 Å². The molecule has 0 aromatic carbocycles. The summed E-state index contributed by atoms with van der Waals surface area (Å²) in [7, 11) is 0. The highest BCUT2D eigenvalue weighted by Gasteiger charge is 2.06. The Labute approximate surface area is 106 Å². The summed E-state index contributed by atoms with van der Waals surface area (Å²) in [5, 5.41) is 15.1. The summed E-state index contributed by atoms with van der Waals surface area (Å²) < 4.78 is 0. The Morgan fingerprint density at radius 2 is 2.31 bits per heavy atom. The Hall–Kier alpha value is -0.0300. The van der Waals surface area contributed by atoms with Crippen LogP contribution in [0.5, 0.6) is 0 Å². The second-order valence-corrected chi connectivity index (χ2v) is 5.75. The molecule has 0 aliphatic carbocycles. The lowest BCUT2D eigenvalue weighted by Crippen LogP contribution is -2.22. The molecule has 0 saturated heterocycles. The summed E-state index contributed by atoms with van der Waals surface area (Å²) >= 11 is 3.52. The summed E-state index contributed by atoms with van der Waals surface area (Å²) in [5.41, 5.74) is 0. The minimum absolute atomic E-state index is 0.341. The predicted molar refractivity (Wildman–Crippen MR) is 74.4 cm³/mol. The molecule has 0 radical (unpaired) electrons. The molecule has 1 heterocycles. The van der Waals surface area contributed by atoms with E-state index in [1.54, 1.807) is 11.3 Å². The van der Waals surface area contributed by atoms with E-state index in [-0.39, 0.29) is 6.10 Å². The minimum atomic E-state index is -0.341. The molecule has 1 atom stereocenters. The summed E-state index contributed by atoms with van der Waals surface area (Å²) in [6.45, 7) is 1.68. The van der Waals surface area contributed by atoms with Crippen LogP contribution in [0, 0.1) is 0 Å². The van der Waals surface area contributed by atoms with E-state index in [0.29, 0.717) is 6.54 Å². The molecule has 1 unspecified atom stereocenters. The average molecular weight is 259 g/mol. The number of hydrogen-bond acceptors (Lipinski definition) is 4. The first-order chi connectivity index (χ1) is 7.84. The number of unbranched alkanes of at least 4 members (excludes halogenated alkanes) is 2. The molecule has 1 rings (SSSR count). The van der Waals surface area contributed by atoms with Gasteiger partial charge in [0.05, 0.1) is 0 Å². The third kappa shape index (κ3) is 5.89. The molecule has 1 aromatic rings. The summed E-state index contributed by atoms with van der Waals surface area (Å²) in [6, 6.07) is 3.96. The Bertz CT molecular complexity index is 252. The molecule has 0 saturated carbocycles. The molecule has 0 fully saturated rings. The molecule has 0 bridgehead atoms. The summed E-state index contributed by atoms with van der Waals surface area (Å²) in [6.07, 6.45) is 5.60. The summed E-state index contributed by atoms with van der Waals surface area (Å²) in [4.78, 5) is 1.05. The minimum Gasteiger partial charge on any atom is -0.386 e. The standard InChI is InChI=1S/C12H21NOS2/c1-15-8-4-2-3-7-13-10-11(14)12-6-5-9-16-12/h5-6,9,11,13-14H,2-4,7-8,10H2,1H3. The Balaban J connectivity index is 1.95. The van der Waals surface area contributed by atoms with E-state index in [0.717, 1.165) is 11.4 Å². The van der Waals surface area contributed by atoms with Crippen molar-refractivity contribution >= 4 is 23.1 Å². The van der Waals surface area contributed by atoms with Crippen molar-refractivity contribution in [3.63, 3.8) is 0 Å². The van der Waals surface area contributed by atoms with Crippen molar-refractivity contribution < 1.29 is 5.11 Å². The molecule has 1 aromatic heterocycles. The smallest absolute Gasteiger partial charge is 0.101 e. The number of hydrogen-bond donors (Lipinski definition) is 2. The highest BCUT2D eigenvalue weighted by atomic mass is 32.2. The predicted octanol–water partition coefficient (Wildman–Crippen LogP) is 2.90. The van der Waals surface area contributed by atoms with Crippen LogP contribution >= 0.6 is 23.1 Å². The van der Waals surface area contributed by atoms with Gasteiger partial charge in [0.2, 0.25) is 0 Å². The van der Waals surface area contributed by atoms with E-state index < -0.39 is 0 Å². The third-order valence-corrected chi connectivity index (χ3v) is 4.08. The normalized spacial score (nSPS) is 12.9. The van der Waals surface area contributed by atoms with Gasteiger partial charge in [0.1, 0.15) is 6.10 Å². The van der Waals surface area contributed by atoms with Gasteiger partial charge < -0.3 is 10.4 Å². The molecule has 0 aliphatic heterocycles. The maximum Gasteiger partial charge on any atom is 0.101 e. The van der Waals surface area contributed by atoms with Crippen molar-refractivity contribution in [2.75, 3.05) is 25.1 Å². The lowest BCUT2D eigenvalue weighted by molar-refractivity contribution is 0.178. The van der Waals surface area contributed by atoms with Crippen molar-refractivity contribution in [2.24, 2.45) is 0 Å². The fraction of sp³-hybridized carbons (Fsp3) is 0.667. The van der Waals surface area contributed by atoms with Crippen molar-refractivity contribution in [2.45, 2.75) is 25.4 Å². The third-order valence-electron chi connectivity index (χ3n) is 2.41. The molecule has 2 nitrogen and oxygen atoms in total. The molecule has 4 heteroatoms. The monoisotopic (exact) mass is 259 g/mol. The maximum atomic E-state index is 9.79. The van der Waals surface area contributed by atoms with Crippen LogP contribution in [0.1, 0.15) is 30.2 Å².